The summed E-state index contributed by atoms with van der Waals surface area (Å²) >= 11 is 11.6. The Morgan fingerprint density at radius 1 is 1.24 bits per heavy atom. The Labute approximate surface area is 130 Å². The largest absolute Gasteiger partial charge is 0.366 e. The molecule has 0 fully saturated rings. The van der Waals surface area contributed by atoms with Crippen LogP contribution in [0.4, 0.5) is 5.69 Å². The molecule has 9 heteroatoms. The van der Waals surface area contributed by atoms with E-state index in [1.807, 2.05) is 0 Å². The van der Waals surface area contributed by atoms with Crippen molar-refractivity contribution in [2.24, 2.45) is 5.73 Å². The van der Waals surface area contributed by atoms with Gasteiger partial charge in [-0.05, 0) is 30.3 Å². The van der Waals surface area contributed by atoms with Gasteiger partial charge < -0.3 is 5.73 Å². The fourth-order valence-electron chi connectivity index (χ4n) is 1.56. The van der Waals surface area contributed by atoms with Crippen molar-refractivity contribution in [2.75, 3.05) is 4.72 Å². The summed E-state index contributed by atoms with van der Waals surface area (Å²) in [7, 11) is -3.94. The van der Waals surface area contributed by atoms with E-state index in [9.17, 15) is 13.2 Å². The Bertz CT molecular complexity index is 809. The number of carbonyl (C=O) groups excluding carboxylic acids is 1. The molecule has 1 heterocycles. The number of nitrogens with two attached hydrogens (primary N) is 1. The molecular formula is C12H9Cl2N3O3S. The molecule has 0 aliphatic carbocycles. The van der Waals surface area contributed by atoms with E-state index < -0.39 is 15.9 Å². The molecule has 2 rings (SSSR count). The molecule has 1 aromatic carbocycles. The maximum Gasteiger partial charge on any atom is 0.264 e. The Kier molecular flexibility index (Phi) is 4.36. The second-order valence-corrected chi connectivity index (χ2v) is 6.37. The van der Waals surface area contributed by atoms with Gasteiger partial charge in [0.15, 0.2) is 0 Å². The number of halogens is 2. The highest BCUT2D eigenvalue weighted by Gasteiger charge is 2.19. The van der Waals surface area contributed by atoms with E-state index in [2.05, 4.69) is 9.71 Å². The number of nitrogens with zero attached hydrogens (tertiary/aromatic N) is 1. The minimum atomic E-state index is -3.94. The van der Waals surface area contributed by atoms with E-state index in [0.29, 0.717) is 0 Å². The lowest BCUT2D eigenvalue weighted by Gasteiger charge is -2.10. The third-order valence-electron chi connectivity index (χ3n) is 2.50. The number of hydrogen-bond acceptors (Lipinski definition) is 4. The molecule has 0 aliphatic rings. The van der Waals surface area contributed by atoms with Crippen LogP contribution in [0.2, 0.25) is 10.2 Å². The van der Waals surface area contributed by atoms with Crippen LogP contribution in [0, 0.1) is 0 Å². The molecule has 1 amide bonds. The summed E-state index contributed by atoms with van der Waals surface area (Å²) in [5.74, 6) is -0.763. The van der Waals surface area contributed by atoms with Crippen molar-refractivity contribution in [3.63, 3.8) is 0 Å². The van der Waals surface area contributed by atoms with Gasteiger partial charge in [-0.3, -0.25) is 9.52 Å². The van der Waals surface area contributed by atoms with Crippen LogP contribution in [-0.4, -0.2) is 19.3 Å². The summed E-state index contributed by atoms with van der Waals surface area (Å²) < 4.78 is 26.7. The first kappa shape index (κ1) is 15.6. The van der Waals surface area contributed by atoms with Gasteiger partial charge in [0.1, 0.15) is 10.0 Å². The average molecular weight is 346 g/mol. The van der Waals surface area contributed by atoms with Gasteiger partial charge in [-0.15, -0.1) is 0 Å². The van der Waals surface area contributed by atoms with Gasteiger partial charge in [-0.2, -0.15) is 0 Å². The van der Waals surface area contributed by atoms with Crippen LogP contribution >= 0.6 is 23.2 Å². The Hall–Kier alpha value is -1.83. The predicted molar refractivity (Wildman–Crippen MR) is 80.0 cm³/mol. The number of rotatable bonds is 4. The molecule has 2 aromatic rings. The van der Waals surface area contributed by atoms with Crippen LogP contribution in [0.15, 0.2) is 41.4 Å². The van der Waals surface area contributed by atoms with Crippen molar-refractivity contribution >= 4 is 44.8 Å². The number of amides is 1. The second kappa shape index (κ2) is 5.88. The predicted octanol–water partition coefficient (Wildman–Crippen LogP) is 2.29. The van der Waals surface area contributed by atoms with Crippen molar-refractivity contribution in [3.05, 3.63) is 52.3 Å². The van der Waals surface area contributed by atoms with Crippen molar-refractivity contribution in [1.82, 2.24) is 4.98 Å². The van der Waals surface area contributed by atoms with Crippen molar-refractivity contribution in [2.45, 2.75) is 4.90 Å². The Balaban J connectivity index is 2.40. The molecule has 21 heavy (non-hydrogen) atoms. The molecule has 0 atom stereocenters. The van der Waals surface area contributed by atoms with Crippen LogP contribution in [0.25, 0.3) is 0 Å². The highest BCUT2D eigenvalue weighted by molar-refractivity contribution is 7.92. The molecule has 0 saturated carbocycles. The first-order valence-corrected chi connectivity index (χ1v) is 7.78. The summed E-state index contributed by atoms with van der Waals surface area (Å²) in [6, 6.07) is 6.76. The van der Waals surface area contributed by atoms with Crippen molar-refractivity contribution in [3.8, 4) is 0 Å². The molecule has 0 bridgehead atoms. The van der Waals surface area contributed by atoms with Crippen LogP contribution < -0.4 is 10.5 Å². The maximum absolute atomic E-state index is 12.2. The quantitative estimate of drug-likeness (QED) is 0.829. The van der Waals surface area contributed by atoms with Gasteiger partial charge in [-0.25, -0.2) is 13.4 Å². The SMILES string of the molecule is NC(=O)c1cc(NS(=O)(=O)c2cccnc2Cl)ccc1Cl. The number of benzene rings is 1. The second-order valence-electron chi connectivity index (χ2n) is 3.96. The molecule has 6 nitrogen and oxygen atoms in total. The number of anilines is 1. The van der Waals surface area contributed by atoms with E-state index in [1.54, 1.807) is 0 Å². The van der Waals surface area contributed by atoms with Crippen molar-refractivity contribution < 1.29 is 13.2 Å². The summed E-state index contributed by atoms with van der Waals surface area (Å²) in [4.78, 5) is 14.7. The Morgan fingerprint density at radius 3 is 2.57 bits per heavy atom. The lowest BCUT2D eigenvalue weighted by atomic mass is 10.2. The monoisotopic (exact) mass is 345 g/mol. The van der Waals surface area contributed by atoms with E-state index in [4.69, 9.17) is 28.9 Å². The van der Waals surface area contributed by atoms with Crippen LogP contribution in [0.3, 0.4) is 0 Å². The van der Waals surface area contributed by atoms with Gasteiger partial charge in [-0.1, -0.05) is 23.2 Å². The number of carbonyl (C=O) groups is 1. The molecule has 1 aromatic heterocycles. The third kappa shape index (κ3) is 3.44. The Morgan fingerprint density at radius 2 is 1.95 bits per heavy atom. The molecule has 0 saturated heterocycles. The van der Waals surface area contributed by atoms with Crippen LogP contribution in [-0.2, 0) is 10.0 Å². The molecule has 0 aliphatic heterocycles. The van der Waals surface area contributed by atoms with Gasteiger partial charge in [0.05, 0.1) is 10.6 Å². The molecule has 0 spiro atoms. The van der Waals surface area contributed by atoms with Crippen LogP contribution in [0.1, 0.15) is 10.4 Å². The minimum Gasteiger partial charge on any atom is -0.366 e. The number of primary amides is 1. The summed E-state index contributed by atoms with van der Waals surface area (Å²) in [6.45, 7) is 0. The number of hydrogen-bond donors (Lipinski definition) is 2. The first-order valence-electron chi connectivity index (χ1n) is 5.54. The average Bonchev–Trinajstić information content (AvgIpc) is 2.40. The topological polar surface area (TPSA) is 102 Å². The fraction of sp³-hybridized carbons (Fsp3) is 0. The summed E-state index contributed by atoms with van der Waals surface area (Å²) in [5, 5.41) is -0.0288. The molecule has 3 N–H and O–H groups in total. The molecular weight excluding hydrogens is 337 g/mol. The van der Waals surface area contributed by atoms with Gasteiger partial charge in [0.2, 0.25) is 5.91 Å². The van der Waals surface area contributed by atoms with Crippen molar-refractivity contribution in [1.29, 1.82) is 0 Å². The zero-order valence-corrected chi connectivity index (χ0v) is 12.7. The maximum atomic E-state index is 12.2. The molecule has 110 valence electrons. The summed E-state index contributed by atoms with van der Waals surface area (Å²) in [5.41, 5.74) is 5.29. The van der Waals surface area contributed by atoms with E-state index >= 15 is 0 Å². The van der Waals surface area contributed by atoms with Crippen LogP contribution in [0.5, 0.6) is 0 Å². The standard InChI is InChI=1S/C12H9Cl2N3O3S/c13-9-4-3-7(6-8(9)12(15)18)17-21(19,20)10-2-1-5-16-11(10)14/h1-6,17H,(H2,15,18). The highest BCUT2D eigenvalue weighted by Crippen LogP contribution is 2.24. The first-order chi connectivity index (χ1) is 9.81. The minimum absolute atomic E-state index is 0.00847. The molecule has 0 unspecified atom stereocenters. The van der Waals surface area contributed by atoms with E-state index in [-0.39, 0.29) is 26.3 Å². The highest BCUT2D eigenvalue weighted by atomic mass is 35.5. The van der Waals surface area contributed by atoms with Gasteiger partial charge in [0.25, 0.3) is 10.0 Å². The zero-order chi connectivity index (χ0) is 15.6. The fourth-order valence-corrected chi connectivity index (χ4v) is 3.27. The number of pyridine rings is 1. The third-order valence-corrected chi connectivity index (χ3v) is 4.65. The lowest BCUT2D eigenvalue weighted by Crippen LogP contribution is -2.16. The van der Waals surface area contributed by atoms with E-state index in [0.717, 1.165) is 0 Å². The number of sulfonamides is 1. The normalized spacial score (nSPS) is 11.1. The van der Waals surface area contributed by atoms with Gasteiger partial charge in [0, 0.05) is 11.9 Å². The molecule has 0 radical (unpaired) electrons. The van der Waals surface area contributed by atoms with E-state index in [1.165, 1.54) is 36.5 Å². The van der Waals surface area contributed by atoms with Gasteiger partial charge >= 0.3 is 0 Å². The number of nitrogens with one attached hydrogen (secondary N) is 1. The summed E-state index contributed by atoms with van der Waals surface area (Å²) in [6.07, 6.45) is 1.37. The zero-order valence-electron chi connectivity index (χ0n) is 10.4. The lowest BCUT2D eigenvalue weighted by molar-refractivity contribution is 0.100. The number of aromatic nitrogens is 1. The smallest absolute Gasteiger partial charge is 0.264 e.